The van der Waals surface area contributed by atoms with Gasteiger partial charge in [0.2, 0.25) is 0 Å². The van der Waals surface area contributed by atoms with E-state index in [-0.39, 0.29) is 11.9 Å². The molecule has 0 aliphatic carbocycles. The van der Waals surface area contributed by atoms with Gasteiger partial charge in [0.05, 0.1) is 6.10 Å². The third-order valence-electron chi connectivity index (χ3n) is 2.39. The summed E-state index contributed by atoms with van der Waals surface area (Å²) in [5.41, 5.74) is 0.596. The van der Waals surface area contributed by atoms with Gasteiger partial charge in [-0.3, -0.25) is 0 Å². The highest BCUT2D eigenvalue weighted by atomic mass is 35.5. The Labute approximate surface area is 118 Å². The second kappa shape index (κ2) is 8.79. The average molecular weight is 285 g/mol. The Morgan fingerprint density at radius 1 is 1.37 bits per heavy atom. The van der Waals surface area contributed by atoms with E-state index in [0.29, 0.717) is 30.2 Å². The zero-order chi connectivity index (χ0) is 14.1. The van der Waals surface area contributed by atoms with Crippen LogP contribution in [-0.2, 0) is 4.74 Å². The summed E-state index contributed by atoms with van der Waals surface area (Å²) in [5, 5.41) is 0. The van der Waals surface area contributed by atoms with E-state index in [1.54, 1.807) is 13.2 Å². The van der Waals surface area contributed by atoms with Crippen molar-refractivity contribution >= 4 is 11.6 Å². The number of alkyl halides is 1. The second-order valence-electron chi connectivity index (χ2n) is 4.13. The Morgan fingerprint density at radius 2 is 2.16 bits per heavy atom. The molecule has 0 amide bonds. The second-order valence-corrected chi connectivity index (χ2v) is 4.50. The van der Waals surface area contributed by atoms with E-state index in [1.807, 2.05) is 6.92 Å². The highest BCUT2D eigenvalue weighted by Crippen LogP contribution is 2.18. The lowest BCUT2D eigenvalue weighted by Gasteiger charge is -2.14. The predicted molar refractivity (Wildman–Crippen MR) is 75.2 cm³/mol. The first kappa shape index (κ1) is 15.8. The third-order valence-corrected chi connectivity index (χ3v) is 2.58. The van der Waals surface area contributed by atoms with Crippen LogP contribution in [0.5, 0.6) is 5.75 Å². The highest BCUT2D eigenvalue weighted by Gasteiger charge is 2.06. The Morgan fingerprint density at radius 3 is 2.84 bits per heavy atom. The molecule has 0 radical (unpaired) electrons. The van der Waals surface area contributed by atoms with Crippen molar-refractivity contribution in [2.24, 2.45) is 0 Å². The Hall–Kier alpha value is -1.24. The molecule has 1 rings (SSSR count). The molecule has 1 aromatic rings. The zero-order valence-corrected chi connectivity index (χ0v) is 12.0. The van der Waals surface area contributed by atoms with E-state index in [0.717, 1.165) is 6.42 Å². The molecule has 0 saturated heterocycles. The van der Waals surface area contributed by atoms with Crippen molar-refractivity contribution in [2.75, 3.05) is 19.6 Å². The molecular weight excluding hydrogens is 267 g/mol. The minimum atomic E-state index is -0.355. The number of benzene rings is 1. The molecule has 1 unspecified atom stereocenters. The Kier molecular flexibility index (Phi) is 7.32. The van der Waals surface area contributed by atoms with Crippen molar-refractivity contribution in [2.45, 2.75) is 25.9 Å². The molecule has 0 aliphatic rings. The Bertz CT molecular complexity index is 451. The summed E-state index contributed by atoms with van der Waals surface area (Å²) in [7, 11) is 1.64. The van der Waals surface area contributed by atoms with E-state index in [4.69, 9.17) is 21.1 Å². The van der Waals surface area contributed by atoms with Gasteiger partial charge in [-0.1, -0.05) is 11.8 Å². The topological polar surface area (TPSA) is 18.5 Å². The van der Waals surface area contributed by atoms with Crippen molar-refractivity contribution in [1.82, 2.24) is 0 Å². The van der Waals surface area contributed by atoms with E-state index >= 15 is 0 Å². The normalized spacial score (nSPS) is 11.6. The molecule has 0 fully saturated rings. The average Bonchev–Trinajstić information content (AvgIpc) is 2.36. The largest absolute Gasteiger partial charge is 0.490 e. The first-order valence-electron chi connectivity index (χ1n) is 6.16. The molecule has 2 nitrogen and oxygen atoms in total. The van der Waals surface area contributed by atoms with E-state index in [2.05, 4.69) is 11.8 Å². The minimum absolute atomic E-state index is 0.0367. The standard InChI is InChI=1S/C15H18ClFO2/c1-12(6-8-18-2)19-15-10-13(5-3-4-7-16)9-14(17)11-15/h9-12H,4,6-8H2,1-2H3. The van der Waals surface area contributed by atoms with Gasteiger partial charge in [-0.25, -0.2) is 4.39 Å². The quantitative estimate of drug-likeness (QED) is 0.587. The number of hydrogen-bond donors (Lipinski definition) is 0. The van der Waals surface area contributed by atoms with Gasteiger partial charge in [-0.05, 0) is 19.1 Å². The first-order chi connectivity index (χ1) is 9.15. The summed E-state index contributed by atoms with van der Waals surface area (Å²) in [6.45, 7) is 2.53. The molecule has 1 aromatic carbocycles. The van der Waals surface area contributed by atoms with Crippen molar-refractivity contribution < 1.29 is 13.9 Å². The van der Waals surface area contributed by atoms with Gasteiger partial charge in [-0.15, -0.1) is 11.6 Å². The number of halogens is 2. The van der Waals surface area contributed by atoms with Crippen molar-refractivity contribution in [3.8, 4) is 17.6 Å². The first-order valence-corrected chi connectivity index (χ1v) is 6.70. The molecule has 0 spiro atoms. The van der Waals surface area contributed by atoms with Crippen LogP contribution in [0.25, 0.3) is 0 Å². The molecule has 19 heavy (non-hydrogen) atoms. The third kappa shape index (κ3) is 6.47. The lowest BCUT2D eigenvalue weighted by molar-refractivity contribution is 0.135. The van der Waals surface area contributed by atoms with Crippen LogP contribution in [0.4, 0.5) is 4.39 Å². The van der Waals surface area contributed by atoms with Gasteiger partial charge < -0.3 is 9.47 Å². The van der Waals surface area contributed by atoms with Crippen LogP contribution in [0.15, 0.2) is 18.2 Å². The molecule has 0 saturated carbocycles. The van der Waals surface area contributed by atoms with Crippen LogP contribution in [0, 0.1) is 17.7 Å². The zero-order valence-electron chi connectivity index (χ0n) is 11.2. The molecule has 0 N–H and O–H groups in total. The monoisotopic (exact) mass is 284 g/mol. The summed E-state index contributed by atoms with van der Waals surface area (Å²) in [6.07, 6.45) is 1.30. The van der Waals surface area contributed by atoms with Gasteiger partial charge in [0.1, 0.15) is 11.6 Å². The highest BCUT2D eigenvalue weighted by molar-refractivity contribution is 6.18. The number of methoxy groups -OCH3 is 1. The molecule has 4 heteroatoms. The maximum absolute atomic E-state index is 13.4. The lowest BCUT2D eigenvalue weighted by atomic mass is 10.2. The maximum Gasteiger partial charge on any atom is 0.128 e. The van der Waals surface area contributed by atoms with Gasteiger partial charge in [0, 0.05) is 44.1 Å². The smallest absolute Gasteiger partial charge is 0.128 e. The molecule has 0 aromatic heterocycles. The molecule has 0 aliphatic heterocycles. The molecule has 0 heterocycles. The number of rotatable bonds is 6. The maximum atomic E-state index is 13.4. The molecule has 104 valence electrons. The van der Waals surface area contributed by atoms with Gasteiger partial charge in [-0.2, -0.15) is 0 Å². The van der Waals surface area contributed by atoms with Crippen LogP contribution in [0.3, 0.4) is 0 Å². The fourth-order valence-corrected chi connectivity index (χ4v) is 1.58. The van der Waals surface area contributed by atoms with E-state index < -0.39 is 0 Å². The Balaban J connectivity index is 2.71. The van der Waals surface area contributed by atoms with Gasteiger partial charge >= 0.3 is 0 Å². The number of ether oxygens (including phenoxy) is 2. The fourth-order valence-electron chi connectivity index (χ4n) is 1.49. The van der Waals surface area contributed by atoms with Gasteiger partial charge in [0.15, 0.2) is 0 Å². The molecule has 1 atom stereocenters. The lowest BCUT2D eigenvalue weighted by Crippen LogP contribution is -2.14. The fraction of sp³-hybridized carbons (Fsp3) is 0.467. The summed E-state index contributed by atoms with van der Waals surface area (Å²) in [6, 6.07) is 4.47. The minimum Gasteiger partial charge on any atom is -0.490 e. The van der Waals surface area contributed by atoms with Crippen molar-refractivity contribution in [3.05, 3.63) is 29.6 Å². The van der Waals surface area contributed by atoms with Crippen LogP contribution >= 0.6 is 11.6 Å². The van der Waals surface area contributed by atoms with E-state index in [1.165, 1.54) is 12.1 Å². The van der Waals surface area contributed by atoms with Crippen molar-refractivity contribution in [3.63, 3.8) is 0 Å². The van der Waals surface area contributed by atoms with Crippen LogP contribution in [0.1, 0.15) is 25.3 Å². The van der Waals surface area contributed by atoms with Gasteiger partial charge in [0.25, 0.3) is 0 Å². The van der Waals surface area contributed by atoms with E-state index in [9.17, 15) is 4.39 Å². The summed E-state index contributed by atoms with van der Waals surface area (Å²) >= 11 is 5.53. The summed E-state index contributed by atoms with van der Waals surface area (Å²) in [4.78, 5) is 0. The van der Waals surface area contributed by atoms with Crippen molar-refractivity contribution in [1.29, 1.82) is 0 Å². The molecule has 0 bridgehead atoms. The van der Waals surface area contributed by atoms with Crippen LogP contribution < -0.4 is 4.74 Å². The number of hydrogen-bond acceptors (Lipinski definition) is 2. The van der Waals surface area contributed by atoms with Crippen LogP contribution in [0.2, 0.25) is 0 Å². The predicted octanol–water partition coefficient (Wildman–Crippen LogP) is 3.61. The summed E-state index contributed by atoms with van der Waals surface area (Å²) < 4.78 is 24.0. The SMILES string of the molecule is COCCC(C)Oc1cc(F)cc(C#CCCCl)c1. The molecular formula is C15H18ClFO2. The van der Waals surface area contributed by atoms with Crippen LogP contribution in [-0.4, -0.2) is 25.7 Å². The summed E-state index contributed by atoms with van der Waals surface area (Å²) in [5.74, 6) is 6.34.